The van der Waals surface area contributed by atoms with Crippen LogP contribution in [0.25, 0.3) is 0 Å². The van der Waals surface area contributed by atoms with Gasteiger partial charge < -0.3 is 15.5 Å². The first-order valence-electron chi connectivity index (χ1n) is 8.29. The molecule has 0 aliphatic heterocycles. The summed E-state index contributed by atoms with van der Waals surface area (Å²) in [6, 6.07) is 10.3. The first-order chi connectivity index (χ1) is 11.8. The summed E-state index contributed by atoms with van der Waals surface area (Å²) in [7, 11) is 3.48. The molecular weight excluding hydrogens is 352 g/mol. The molecule has 0 aromatic heterocycles. The molecule has 2 N–H and O–H groups in total. The Morgan fingerprint density at radius 2 is 1.88 bits per heavy atom. The molecule has 0 saturated heterocycles. The first kappa shape index (κ1) is 21.7. The Morgan fingerprint density at radius 1 is 1.20 bits per heavy atom. The molecule has 1 amide bonds. The van der Waals surface area contributed by atoms with E-state index in [-0.39, 0.29) is 17.2 Å². The topological polar surface area (TPSA) is 56.7 Å². The smallest absolute Gasteiger partial charge is 0.243 e. The summed E-state index contributed by atoms with van der Waals surface area (Å²) in [6.07, 6.45) is 2.10. The van der Waals surface area contributed by atoms with E-state index in [9.17, 15) is 4.79 Å². The number of hydrogen-bond acceptors (Lipinski definition) is 4. The number of nitrogens with zero attached hydrogens (tertiary/aromatic N) is 2. The molecule has 0 aliphatic carbocycles. The second kappa shape index (κ2) is 11.3. The quantitative estimate of drug-likeness (QED) is 0.297. The van der Waals surface area contributed by atoms with Crippen LogP contribution in [-0.2, 0) is 4.79 Å². The van der Waals surface area contributed by atoms with E-state index in [4.69, 9.17) is 0 Å². The minimum Gasteiger partial charge on any atom is -0.356 e. The normalized spacial score (nSPS) is 12.0. The monoisotopic (exact) mass is 382 g/mol. The lowest BCUT2D eigenvalue weighted by Gasteiger charge is -2.24. The molecule has 0 bridgehead atoms. The molecule has 0 unspecified atom stereocenters. The Labute approximate surface area is 160 Å². The van der Waals surface area contributed by atoms with Gasteiger partial charge in [-0.1, -0.05) is 18.2 Å². The van der Waals surface area contributed by atoms with Gasteiger partial charge in [0.2, 0.25) is 5.91 Å². The Hall–Kier alpha value is -1.34. The summed E-state index contributed by atoms with van der Waals surface area (Å²) in [5.41, 5.74) is 0. The number of aliphatic imine (C=N–C) groups is 1. The second-order valence-corrected chi connectivity index (χ2v) is 9.04. The van der Waals surface area contributed by atoms with Crippen LogP contribution in [-0.4, -0.2) is 67.3 Å². The molecule has 0 spiro atoms. The number of likely N-dealkylation sites (N-methyl/N-ethyl adjacent to an activating group) is 1. The van der Waals surface area contributed by atoms with E-state index in [1.807, 2.05) is 18.2 Å². The van der Waals surface area contributed by atoms with Gasteiger partial charge in [0.1, 0.15) is 6.54 Å². The molecule has 140 valence electrons. The number of carbonyl (C=O) groups is 1. The number of carbonyl (C=O) groups excluding carboxylic acids is 1. The molecule has 0 atom stereocenters. The van der Waals surface area contributed by atoms with Gasteiger partial charge in [-0.2, -0.15) is 11.8 Å². The molecule has 0 saturated carbocycles. The van der Waals surface area contributed by atoms with E-state index in [0.29, 0.717) is 5.96 Å². The highest BCUT2D eigenvalue weighted by atomic mass is 32.2. The van der Waals surface area contributed by atoms with Gasteiger partial charge in [-0.05, 0) is 32.2 Å². The van der Waals surface area contributed by atoms with Gasteiger partial charge in [-0.25, -0.2) is 4.99 Å². The lowest BCUT2D eigenvalue weighted by atomic mass is 10.2. The van der Waals surface area contributed by atoms with Crippen LogP contribution in [0.1, 0.15) is 13.8 Å². The van der Waals surface area contributed by atoms with Gasteiger partial charge in [0.15, 0.2) is 5.96 Å². The van der Waals surface area contributed by atoms with Crippen molar-refractivity contribution in [3.63, 3.8) is 0 Å². The molecule has 7 heteroatoms. The maximum atomic E-state index is 11.8. The van der Waals surface area contributed by atoms with E-state index >= 15 is 0 Å². The van der Waals surface area contributed by atoms with Crippen molar-refractivity contribution < 1.29 is 4.79 Å². The number of thioether (sulfide) groups is 2. The minimum absolute atomic E-state index is 0.0103. The summed E-state index contributed by atoms with van der Waals surface area (Å²) < 4.78 is 0.104. The molecule has 0 aliphatic rings. The maximum absolute atomic E-state index is 11.8. The largest absolute Gasteiger partial charge is 0.356 e. The van der Waals surface area contributed by atoms with Crippen molar-refractivity contribution in [2.75, 3.05) is 45.7 Å². The summed E-state index contributed by atoms with van der Waals surface area (Å²) >= 11 is 3.59. The van der Waals surface area contributed by atoms with Crippen molar-refractivity contribution in [1.82, 2.24) is 15.5 Å². The number of amides is 1. The Morgan fingerprint density at radius 3 is 2.48 bits per heavy atom. The number of rotatable bonds is 9. The van der Waals surface area contributed by atoms with Crippen LogP contribution >= 0.6 is 23.5 Å². The predicted octanol–water partition coefficient (Wildman–Crippen LogP) is 2.54. The zero-order valence-electron chi connectivity index (χ0n) is 15.8. The number of benzene rings is 1. The van der Waals surface area contributed by atoms with E-state index < -0.39 is 0 Å². The van der Waals surface area contributed by atoms with Crippen molar-refractivity contribution in [3.05, 3.63) is 30.3 Å². The average molecular weight is 383 g/mol. The van der Waals surface area contributed by atoms with Crippen molar-refractivity contribution in [1.29, 1.82) is 0 Å². The SMILES string of the molecule is CSC(C)(C)CNC(=NCC(=O)N(C)C)NCCSc1ccccc1. The van der Waals surface area contributed by atoms with Crippen LogP contribution in [0.3, 0.4) is 0 Å². The van der Waals surface area contributed by atoms with Gasteiger partial charge in [-0.3, -0.25) is 4.79 Å². The van der Waals surface area contributed by atoms with Crippen LogP contribution in [0.2, 0.25) is 0 Å². The third kappa shape index (κ3) is 9.65. The summed E-state index contributed by atoms with van der Waals surface area (Å²) in [6.45, 7) is 6.06. The summed E-state index contributed by atoms with van der Waals surface area (Å²) in [5, 5.41) is 6.66. The molecule has 1 rings (SSSR count). The van der Waals surface area contributed by atoms with Crippen molar-refractivity contribution in [2.24, 2.45) is 4.99 Å². The highest BCUT2D eigenvalue weighted by Gasteiger charge is 2.16. The number of guanidine groups is 1. The van der Waals surface area contributed by atoms with Crippen LogP contribution < -0.4 is 10.6 Å². The average Bonchev–Trinajstić information content (AvgIpc) is 2.60. The molecule has 0 fully saturated rings. The maximum Gasteiger partial charge on any atom is 0.243 e. The van der Waals surface area contributed by atoms with Gasteiger partial charge in [0, 0.05) is 42.6 Å². The van der Waals surface area contributed by atoms with E-state index in [1.54, 1.807) is 42.5 Å². The zero-order chi connectivity index (χ0) is 18.7. The van der Waals surface area contributed by atoms with Gasteiger partial charge in [-0.15, -0.1) is 11.8 Å². The third-order valence-electron chi connectivity index (χ3n) is 3.51. The summed E-state index contributed by atoms with van der Waals surface area (Å²) in [5.74, 6) is 1.60. The van der Waals surface area contributed by atoms with E-state index in [2.05, 4.69) is 47.9 Å². The number of nitrogens with one attached hydrogen (secondary N) is 2. The molecule has 1 aromatic rings. The summed E-state index contributed by atoms with van der Waals surface area (Å²) in [4.78, 5) is 19.0. The van der Waals surface area contributed by atoms with E-state index in [1.165, 1.54) is 4.90 Å². The molecule has 25 heavy (non-hydrogen) atoms. The van der Waals surface area contributed by atoms with Crippen molar-refractivity contribution in [2.45, 2.75) is 23.5 Å². The lowest BCUT2D eigenvalue weighted by Crippen LogP contribution is -2.44. The number of hydrogen-bond donors (Lipinski definition) is 2. The minimum atomic E-state index is -0.0103. The standard InChI is InChI=1S/C18H30N4OS2/c1-18(2,24-5)14-21-17(20-13-16(23)22(3)4)19-11-12-25-15-9-7-6-8-10-15/h6-10H,11-14H2,1-5H3,(H2,19,20,21). The Bertz CT molecular complexity index is 547. The zero-order valence-corrected chi connectivity index (χ0v) is 17.5. The van der Waals surface area contributed by atoms with E-state index in [0.717, 1.165) is 18.8 Å². The predicted molar refractivity (Wildman–Crippen MR) is 112 cm³/mol. The highest BCUT2D eigenvalue weighted by molar-refractivity contribution is 8.00. The van der Waals surface area contributed by atoms with Crippen LogP contribution in [0.15, 0.2) is 40.2 Å². The molecule has 5 nitrogen and oxygen atoms in total. The second-order valence-electron chi connectivity index (χ2n) is 6.36. The van der Waals surface area contributed by atoms with Crippen LogP contribution in [0.5, 0.6) is 0 Å². The molecule has 0 heterocycles. The van der Waals surface area contributed by atoms with Crippen molar-refractivity contribution >= 4 is 35.4 Å². The van der Waals surface area contributed by atoms with Gasteiger partial charge >= 0.3 is 0 Å². The Balaban J connectivity index is 2.51. The van der Waals surface area contributed by atoms with Crippen LogP contribution in [0.4, 0.5) is 0 Å². The fraction of sp³-hybridized carbons (Fsp3) is 0.556. The molecule has 0 radical (unpaired) electrons. The fourth-order valence-electron chi connectivity index (χ4n) is 1.69. The van der Waals surface area contributed by atoms with Gasteiger partial charge in [0.05, 0.1) is 0 Å². The molecule has 1 aromatic carbocycles. The van der Waals surface area contributed by atoms with Gasteiger partial charge in [0.25, 0.3) is 0 Å². The fourth-order valence-corrected chi connectivity index (χ4v) is 2.69. The third-order valence-corrected chi connectivity index (χ3v) is 5.78. The van der Waals surface area contributed by atoms with Crippen molar-refractivity contribution in [3.8, 4) is 0 Å². The van der Waals surface area contributed by atoms with Crippen LogP contribution in [0, 0.1) is 0 Å². The molecular formula is C18H30N4OS2. The highest BCUT2D eigenvalue weighted by Crippen LogP contribution is 2.19. The Kier molecular flexibility index (Phi) is 9.82. The lowest BCUT2D eigenvalue weighted by molar-refractivity contribution is -0.127. The first-order valence-corrected chi connectivity index (χ1v) is 10.5.